The van der Waals surface area contributed by atoms with Crippen LogP contribution in [0.2, 0.25) is 0 Å². The zero-order chi connectivity index (χ0) is 10.7. The lowest BCUT2D eigenvalue weighted by atomic mass is 10.2. The van der Waals surface area contributed by atoms with Crippen LogP contribution in [-0.2, 0) is 6.54 Å². The Morgan fingerprint density at radius 2 is 2.13 bits per heavy atom. The highest BCUT2D eigenvalue weighted by Crippen LogP contribution is 2.18. The van der Waals surface area contributed by atoms with Gasteiger partial charge in [0.1, 0.15) is 0 Å². The number of rotatable bonds is 4. The Morgan fingerprint density at radius 3 is 2.93 bits per heavy atom. The molecule has 0 bridgehead atoms. The van der Waals surface area contributed by atoms with E-state index in [2.05, 4.69) is 41.3 Å². The van der Waals surface area contributed by atoms with E-state index in [0.717, 1.165) is 13.1 Å². The second-order valence-electron chi connectivity index (χ2n) is 3.79. The lowest BCUT2D eigenvalue weighted by molar-refractivity contribution is 0.349. The van der Waals surface area contributed by atoms with Crippen molar-refractivity contribution in [1.82, 2.24) is 9.88 Å². The molecule has 0 atom stereocenters. The summed E-state index contributed by atoms with van der Waals surface area (Å²) in [5, 5.41) is 1.30. The predicted molar refractivity (Wildman–Crippen MR) is 65.4 cm³/mol. The fourth-order valence-electron chi connectivity index (χ4n) is 1.78. The second-order valence-corrected chi connectivity index (χ2v) is 4.16. The lowest BCUT2D eigenvalue weighted by Crippen LogP contribution is -2.19. The topological polar surface area (TPSA) is 19.0 Å². The van der Waals surface area contributed by atoms with E-state index in [0.29, 0.717) is 5.88 Å². The molecule has 1 heterocycles. The molecule has 1 aromatic carbocycles. The van der Waals surface area contributed by atoms with Crippen LogP contribution in [0.4, 0.5) is 0 Å². The van der Waals surface area contributed by atoms with Crippen LogP contribution in [0, 0.1) is 0 Å². The average Bonchev–Trinajstić information content (AvgIpc) is 2.62. The molecule has 2 aromatic rings. The van der Waals surface area contributed by atoms with E-state index in [-0.39, 0.29) is 0 Å². The summed E-state index contributed by atoms with van der Waals surface area (Å²) in [7, 11) is 2.09. The molecule has 2 nitrogen and oxygen atoms in total. The Bertz CT molecular complexity index is 436. The number of hydrogen-bond acceptors (Lipinski definition) is 1. The number of nitrogens with zero attached hydrogens (tertiary/aromatic N) is 1. The van der Waals surface area contributed by atoms with Crippen molar-refractivity contribution in [2.45, 2.75) is 6.54 Å². The van der Waals surface area contributed by atoms with Gasteiger partial charge in [0.2, 0.25) is 0 Å². The van der Waals surface area contributed by atoms with Crippen molar-refractivity contribution < 1.29 is 0 Å². The van der Waals surface area contributed by atoms with E-state index < -0.39 is 0 Å². The first kappa shape index (κ1) is 10.5. The first-order valence-corrected chi connectivity index (χ1v) is 5.64. The van der Waals surface area contributed by atoms with Crippen LogP contribution >= 0.6 is 11.6 Å². The number of H-pyrrole nitrogens is 1. The summed E-state index contributed by atoms with van der Waals surface area (Å²) in [5.41, 5.74) is 2.53. The Labute approximate surface area is 94.8 Å². The van der Waals surface area contributed by atoms with Crippen molar-refractivity contribution in [3.05, 3.63) is 36.0 Å². The van der Waals surface area contributed by atoms with Crippen molar-refractivity contribution >= 4 is 22.5 Å². The third kappa shape index (κ3) is 2.33. The first-order valence-electron chi connectivity index (χ1n) is 5.11. The molecule has 0 saturated heterocycles. The molecular formula is C12H15ClN2. The monoisotopic (exact) mass is 222 g/mol. The van der Waals surface area contributed by atoms with E-state index in [9.17, 15) is 0 Å². The molecule has 2 rings (SSSR count). The Kier molecular flexibility index (Phi) is 3.29. The molecule has 80 valence electrons. The molecule has 0 aliphatic rings. The fraction of sp³-hybridized carbons (Fsp3) is 0.333. The van der Waals surface area contributed by atoms with Gasteiger partial charge in [-0.1, -0.05) is 18.2 Å². The number of aromatic nitrogens is 1. The number of halogens is 1. The Balaban J connectivity index is 2.21. The molecular weight excluding hydrogens is 208 g/mol. The molecule has 0 saturated carbocycles. The summed E-state index contributed by atoms with van der Waals surface area (Å²) in [6.07, 6.45) is 2.08. The van der Waals surface area contributed by atoms with Gasteiger partial charge in [-0.05, 0) is 18.7 Å². The number of fused-ring (bicyclic) bond motifs is 1. The standard InChI is InChI=1S/C12H15ClN2/c1-15(7-6-13)9-10-8-14-12-5-3-2-4-11(10)12/h2-5,8,14H,6-7,9H2,1H3. The number of nitrogens with one attached hydrogen (secondary N) is 1. The second kappa shape index (κ2) is 4.69. The summed E-state index contributed by atoms with van der Waals surface area (Å²) in [4.78, 5) is 5.50. The van der Waals surface area contributed by atoms with Gasteiger partial charge < -0.3 is 9.88 Å². The summed E-state index contributed by atoms with van der Waals surface area (Å²) in [6.45, 7) is 1.86. The maximum atomic E-state index is 5.71. The molecule has 0 radical (unpaired) electrons. The zero-order valence-corrected chi connectivity index (χ0v) is 9.59. The molecule has 0 aliphatic heterocycles. The zero-order valence-electron chi connectivity index (χ0n) is 8.83. The number of alkyl halides is 1. The van der Waals surface area contributed by atoms with E-state index in [1.807, 2.05) is 6.07 Å². The highest BCUT2D eigenvalue weighted by atomic mass is 35.5. The third-order valence-corrected chi connectivity index (χ3v) is 2.75. The van der Waals surface area contributed by atoms with Crippen LogP contribution in [0.25, 0.3) is 10.9 Å². The quantitative estimate of drug-likeness (QED) is 0.789. The van der Waals surface area contributed by atoms with Crippen LogP contribution in [0.5, 0.6) is 0 Å². The minimum atomic E-state index is 0.679. The van der Waals surface area contributed by atoms with Crippen LogP contribution < -0.4 is 0 Å². The Morgan fingerprint density at radius 1 is 1.33 bits per heavy atom. The molecule has 3 heteroatoms. The van der Waals surface area contributed by atoms with Crippen molar-refractivity contribution in [2.75, 3.05) is 19.5 Å². The first-order chi connectivity index (χ1) is 7.31. The van der Waals surface area contributed by atoms with Crippen molar-refractivity contribution in [2.24, 2.45) is 0 Å². The van der Waals surface area contributed by atoms with Gasteiger partial charge in [-0.2, -0.15) is 0 Å². The van der Waals surface area contributed by atoms with Crippen molar-refractivity contribution in [3.8, 4) is 0 Å². The van der Waals surface area contributed by atoms with Gasteiger partial charge in [-0.15, -0.1) is 11.6 Å². The molecule has 15 heavy (non-hydrogen) atoms. The van der Waals surface area contributed by atoms with Gasteiger partial charge in [0, 0.05) is 36.1 Å². The smallest absolute Gasteiger partial charge is 0.0457 e. The van der Waals surface area contributed by atoms with Gasteiger partial charge in [-0.25, -0.2) is 0 Å². The highest BCUT2D eigenvalue weighted by molar-refractivity contribution is 6.18. The van der Waals surface area contributed by atoms with Crippen LogP contribution in [-0.4, -0.2) is 29.4 Å². The number of hydrogen-bond donors (Lipinski definition) is 1. The number of para-hydroxylation sites is 1. The van der Waals surface area contributed by atoms with Crippen molar-refractivity contribution in [3.63, 3.8) is 0 Å². The van der Waals surface area contributed by atoms with E-state index in [4.69, 9.17) is 11.6 Å². The number of benzene rings is 1. The van der Waals surface area contributed by atoms with Gasteiger partial charge in [0.05, 0.1) is 0 Å². The van der Waals surface area contributed by atoms with Gasteiger partial charge >= 0.3 is 0 Å². The Hall–Kier alpha value is -0.990. The highest BCUT2D eigenvalue weighted by Gasteiger charge is 2.05. The predicted octanol–water partition coefficient (Wildman–Crippen LogP) is 2.84. The summed E-state index contributed by atoms with van der Waals surface area (Å²) >= 11 is 5.71. The molecule has 1 aromatic heterocycles. The minimum Gasteiger partial charge on any atom is -0.361 e. The van der Waals surface area contributed by atoms with E-state index >= 15 is 0 Å². The summed E-state index contributed by atoms with van der Waals surface area (Å²) in [6, 6.07) is 8.36. The average molecular weight is 223 g/mol. The van der Waals surface area contributed by atoms with Crippen LogP contribution in [0.3, 0.4) is 0 Å². The summed E-state index contributed by atoms with van der Waals surface area (Å²) in [5.74, 6) is 0.679. The third-order valence-electron chi connectivity index (χ3n) is 2.58. The van der Waals surface area contributed by atoms with Crippen molar-refractivity contribution in [1.29, 1.82) is 0 Å². The molecule has 0 aliphatic carbocycles. The molecule has 0 unspecified atom stereocenters. The van der Waals surface area contributed by atoms with Gasteiger partial charge in [0.15, 0.2) is 0 Å². The molecule has 0 spiro atoms. The van der Waals surface area contributed by atoms with Gasteiger partial charge in [0.25, 0.3) is 0 Å². The normalized spacial score (nSPS) is 11.4. The summed E-state index contributed by atoms with van der Waals surface area (Å²) < 4.78 is 0. The SMILES string of the molecule is CN(CCCl)Cc1c[nH]c2ccccc12. The largest absolute Gasteiger partial charge is 0.361 e. The van der Waals surface area contributed by atoms with E-state index in [1.54, 1.807) is 0 Å². The fourth-order valence-corrected chi connectivity index (χ4v) is 2.07. The molecule has 0 amide bonds. The van der Waals surface area contributed by atoms with Gasteiger partial charge in [-0.3, -0.25) is 0 Å². The maximum Gasteiger partial charge on any atom is 0.0457 e. The van der Waals surface area contributed by atoms with E-state index in [1.165, 1.54) is 16.5 Å². The maximum absolute atomic E-state index is 5.71. The minimum absolute atomic E-state index is 0.679. The molecule has 0 fully saturated rings. The number of aromatic amines is 1. The van der Waals surface area contributed by atoms with Crippen LogP contribution in [0.1, 0.15) is 5.56 Å². The van der Waals surface area contributed by atoms with Crippen LogP contribution in [0.15, 0.2) is 30.5 Å². The molecule has 1 N–H and O–H groups in total. The lowest BCUT2D eigenvalue weighted by Gasteiger charge is -2.13.